The van der Waals surface area contributed by atoms with E-state index in [9.17, 15) is 8.78 Å². The van der Waals surface area contributed by atoms with Crippen molar-refractivity contribution in [1.29, 1.82) is 0 Å². The van der Waals surface area contributed by atoms with Gasteiger partial charge in [-0.1, -0.05) is 0 Å². The summed E-state index contributed by atoms with van der Waals surface area (Å²) in [5, 5.41) is 12.2. The lowest BCUT2D eigenvalue weighted by Gasteiger charge is -2.26. The first kappa shape index (κ1) is 14.6. The lowest BCUT2D eigenvalue weighted by molar-refractivity contribution is 0.301. The Kier molecular flexibility index (Phi) is 5.42. The number of nitrogens with zero attached hydrogens (tertiary/aromatic N) is 1. The Morgan fingerprint density at radius 2 is 1.84 bits per heavy atom. The van der Waals surface area contributed by atoms with Gasteiger partial charge in [-0.15, -0.1) is 0 Å². The highest BCUT2D eigenvalue weighted by atomic mass is 32.2. The Balaban J connectivity index is 1.73. The molecule has 0 radical (unpaired) electrons. The summed E-state index contributed by atoms with van der Waals surface area (Å²) >= 11 is 1.97. The fraction of sp³-hybridized carbons (Fsp3) is 0.538. The molecule has 0 bridgehead atoms. The molecule has 106 valence electrons. The number of thioether (sulfide) groups is 1. The Hall–Kier alpha value is -0.850. The van der Waals surface area contributed by atoms with Crippen molar-refractivity contribution in [3.8, 4) is 5.75 Å². The van der Waals surface area contributed by atoms with Gasteiger partial charge in [-0.2, -0.15) is 11.8 Å². The van der Waals surface area contributed by atoms with Gasteiger partial charge in [0.15, 0.2) is 17.4 Å². The summed E-state index contributed by atoms with van der Waals surface area (Å²) in [6, 6.07) is 2.31. The Bertz CT molecular complexity index is 402. The molecule has 1 aromatic rings. The van der Waals surface area contributed by atoms with E-state index >= 15 is 0 Å². The van der Waals surface area contributed by atoms with E-state index in [4.69, 9.17) is 5.11 Å². The summed E-state index contributed by atoms with van der Waals surface area (Å²) in [5.41, 5.74) is 0.502. The maximum absolute atomic E-state index is 13.1. The van der Waals surface area contributed by atoms with Gasteiger partial charge in [0.2, 0.25) is 0 Å². The average molecular weight is 288 g/mol. The number of phenolic OH excluding ortho intramolecular Hbond substituents is 1. The molecule has 2 N–H and O–H groups in total. The zero-order valence-corrected chi connectivity index (χ0v) is 11.5. The van der Waals surface area contributed by atoms with Gasteiger partial charge in [-0.3, -0.25) is 0 Å². The zero-order valence-electron chi connectivity index (χ0n) is 10.7. The second-order valence-electron chi connectivity index (χ2n) is 4.54. The molecule has 0 amide bonds. The molecule has 0 unspecified atom stereocenters. The first-order valence-corrected chi connectivity index (χ1v) is 7.50. The van der Waals surface area contributed by atoms with Crippen LogP contribution in [0.1, 0.15) is 5.56 Å². The van der Waals surface area contributed by atoms with Crippen molar-refractivity contribution >= 4 is 11.8 Å². The van der Waals surface area contributed by atoms with E-state index in [1.165, 1.54) is 11.5 Å². The number of halogens is 2. The van der Waals surface area contributed by atoms with Crippen LogP contribution in [0, 0.1) is 11.6 Å². The van der Waals surface area contributed by atoms with Crippen molar-refractivity contribution in [2.24, 2.45) is 0 Å². The SMILES string of the molecule is Oc1c(F)cc(CNCCN2CCSCC2)cc1F. The molecule has 1 heterocycles. The maximum Gasteiger partial charge on any atom is 0.187 e. The minimum atomic E-state index is -0.912. The van der Waals surface area contributed by atoms with Crippen LogP contribution in [-0.4, -0.2) is 47.7 Å². The lowest BCUT2D eigenvalue weighted by atomic mass is 10.2. The first-order valence-electron chi connectivity index (χ1n) is 6.34. The van der Waals surface area contributed by atoms with Crippen LogP contribution in [0.4, 0.5) is 8.78 Å². The fourth-order valence-electron chi connectivity index (χ4n) is 2.01. The van der Waals surface area contributed by atoms with Crippen LogP contribution < -0.4 is 5.32 Å². The van der Waals surface area contributed by atoms with Crippen molar-refractivity contribution in [3.05, 3.63) is 29.3 Å². The molecule has 0 saturated carbocycles. The fourth-order valence-corrected chi connectivity index (χ4v) is 2.99. The highest BCUT2D eigenvalue weighted by Gasteiger charge is 2.11. The summed E-state index contributed by atoms with van der Waals surface area (Å²) in [5.74, 6) is -0.382. The number of nitrogens with one attached hydrogen (secondary N) is 1. The van der Waals surface area contributed by atoms with Gasteiger partial charge in [0.05, 0.1) is 0 Å². The molecule has 0 atom stereocenters. The first-order chi connectivity index (χ1) is 9.16. The quantitative estimate of drug-likeness (QED) is 0.810. The van der Waals surface area contributed by atoms with E-state index in [1.54, 1.807) is 0 Å². The largest absolute Gasteiger partial charge is 0.503 e. The minimum Gasteiger partial charge on any atom is -0.503 e. The predicted molar refractivity (Wildman–Crippen MR) is 73.5 cm³/mol. The molecule has 19 heavy (non-hydrogen) atoms. The van der Waals surface area contributed by atoms with Crippen LogP contribution in [0.25, 0.3) is 0 Å². The summed E-state index contributed by atoms with van der Waals surface area (Å²) in [7, 11) is 0. The van der Waals surface area contributed by atoms with Crippen molar-refractivity contribution in [1.82, 2.24) is 10.2 Å². The molecular formula is C13H18F2N2OS. The van der Waals surface area contributed by atoms with Gasteiger partial charge in [-0.25, -0.2) is 8.78 Å². The number of phenols is 1. The Morgan fingerprint density at radius 1 is 1.21 bits per heavy atom. The second kappa shape index (κ2) is 7.07. The van der Waals surface area contributed by atoms with Gasteiger partial charge in [0.25, 0.3) is 0 Å². The van der Waals surface area contributed by atoms with Gasteiger partial charge in [0.1, 0.15) is 0 Å². The van der Waals surface area contributed by atoms with Crippen LogP contribution in [-0.2, 0) is 6.54 Å². The molecule has 0 aliphatic carbocycles. The van der Waals surface area contributed by atoms with Crippen LogP contribution in [0.5, 0.6) is 5.75 Å². The molecule has 1 saturated heterocycles. The summed E-state index contributed by atoms with van der Waals surface area (Å²) in [6.45, 7) is 4.35. The normalized spacial score (nSPS) is 16.7. The monoisotopic (exact) mass is 288 g/mol. The van der Waals surface area contributed by atoms with Crippen molar-refractivity contribution in [3.63, 3.8) is 0 Å². The third-order valence-corrected chi connectivity index (χ3v) is 4.06. The smallest absolute Gasteiger partial charge is 0.187 e. The molecule has 1 fully saturated rings. The summed E-state index contributed by atoms with van der Waals surface area (Å²) < 4.78 is 26.2. The topological polar surface area (TPSA) is 35.5 Å². The number of benzene rings is 1. The minimum absolute atomic E-state index is 0.400. The Morgan fingerprint density at radius 3 is 2.47 bits per heavy atom. The van der Waals surface area contributed by atoms with Crippen molar-refractivity contribution in [2.45, 2.75) is 6.54 Å². The third kappa shape index (κ3) is 4.33. The highest BCUT2D eigenvalue weighted by molar-refractivity contribution is 7.99. The van der Waals surface area contributed by atoms with Crippen LogP contribution >= 0.6 is 11.8 Å². The number of rotatable bonds is 5. The molecular weight excluding hydrogens is 270 g/mol. The molecule has 3 nitrogen and oxygen atoms in total. The Labute approximate surface area is 116 Å². The van der Waals surface area contributed by atoms with E-state index in [2.05, 4.69) is 10.2 Å². The standard InChI is InChI=1S/C13H18F2N2OS/c14-11-7-10(8-12(15)13(11)18)9-16-1-2-17-3-5-19-6-4-17/h7-8,16,18H,1-6,9H2. The number of hydrogen-bond donors (Lipinski definition) is 2. The number of hydrogen-bond acceptors (Lipinski definition) is 4. The van der Waals surface area contributed by atoms with Crippen LogP contribution in [0.3, 0.4) is 0 Å². The van der Waals surface area contributed by atoms with E-state index in [1.807, 2.05) is 11.8 Å². The van der Waals surface area contributed by atoms with Gasteiger partial charge >= 0.3 is 0 Å². The van der Waals surface area contributed by atoms with E-state index in [-0.39, 0.29) is 0 Å². The zero-order chi connectivity index (χ0) is 13.7. The third-order valence-electron chi connectivity index (χ3n) is 3.11. The van der Waals surface area contributed by atoms with Gasteiger partial charge < -0.3 is 15.3 Å². The van der Waals surface area contributed by atoms with Crippen LogP contribution in [0.2, 0.25) is 0 Å². The molecule has 1 aliphatic rings. The molecule has 1 aromatic carbocycles. The predicted octanol–water partition coefficient (Wildman–Crippen LogP) is 1.81. The number of aromatic hydroxyl groups is 1. The molecule has 2 rings (SSSR count). The van der Waals surface area contributed by atoms with Crippen molar-refractivity contribution < 1.29 is 13.9 Å². The molecule has 0 spiro atoms. The lowest BCUT2D eigenvalue weighted by Crippen LogP contribution is -2.37. The van der Waals surface area contributed by atoms with E-state index < -0.39 is 17.4 Å². The highest BCUT2D eigenvalue weighted by Crippen LogP contribution is 2.21. The van der Waals surface area contributed by atoms with Crippen molar-refractivity contribution in [2.75, 3.05) is 37.7 Å². The van der Waals surface area contributed by atoms with Gasteiger partial charge in [0, 0.05) is 44.2 Å². The summed E-state index contributed by atoms with van der Waals surface area (Å²) in [6.07, 6.45) is 0. The van der Waals surface area contributed by atoms with E-state index in [0.717, 1.165) is 38.3 Å². The average Bonchev–Trinajstić information content (AvgIpc) is 2.42. The second-order valence-corrected chi connectivity index (χ2v) is 5.76. The molecule has 6 heteroatoms. The maximum atomic E-state index is 13.1. The van der Waals surface area contributed by atoms with Crippen LogP contribution in [0.15, 0.2) is 12.1 Å². The molecule has 0 aromatic heterocycles. The van der Waals surface area contributed by atoms with Gasteiger partial charge in [-0.05, 0) is 17.7 Å². The van der Waals surface area contributed by atoms with E-state index in [0.29, 0.717) is 12.1 Å². The summed E-state index contributed by atoms with van der Waals surface area (Å²) in [4.78, 5) is 2.38. The molecule has 1 aliphatic heterocycles.